The maximum absolute atomic E-state index is 2.32. The quantitative estimate of drug-likeness (QED) is 0.750. The van der Waals surface area contributed by atoms with Crippen molar-refractivity contribution in [3.05, 3.63) is 35.2 Å². The Labute approximate surface area is 93.3 Å². The van der Waals surface area contributed by atoms with Crippen molar-refractivity contribution in [1.29, 1.82) is 0 Å². The molecule has 0 saturated heterocycles. The van der Waals surface area contributed by atoms with Crippen LogP contribution in [-0.4, -0.2) is 11.5 Å². The second-order valence-electron chi connectivity index (χ2n) is 3.54. The summed E-state index contributed by atoms with van der Waals surface area (Å²) in [6.07, 6.45) is 3.35. The second kappa shape index (κ2) is 4.37. The van der Waals surface area contributed by atoms with Crippen LogP contribution in [0.4, 0.5) is 0 Å². The van der Waals surface area contributed by atoms with Gasteiger partial charge in [0, 0.05) is 9.95 Å². The van der Waals surface area contributed by atoms with E-state index >= 15 is 0 Å². The molecule has 0 unspecified atom stereocenters. The average molecular weight is 222 g/mol. The van der Waals surface area contributed by atoms with Crippen LogP contribution in [0, 0.1) is 0 Å². The maximum Gasteiger partial charge on any atom is 0.0342 e. The minimum atomic E-state index is 0.714. The topological polar surface area (TPSA) is 0 Å². The zero-order valence-electron chi connectivity index (χ0n) is 8.49. The van der Waals surface area contributed by atoms with Gasteiger partial charge in [0.2, 0.25) is 0 Å². The Balaban J connectivity index is 2.25. The third-order valence-electron chi connectivity index (χ3n) is 2.44. The fourth-order valence-corrected chi connectivity index (χ4v) is 2.69. The zero-order valence-corrected chi connectivity index (χ0v) is 10.1. The molecule has 0 saturated carbocycles. The van der Waals surface area contributed by atoms with Gasteiger partial charge in [0.25, 0.3) is 0 Å². The van der Waals surface area contributed by atoms with Gasteiger partial charge in [-0.05, 0) is 41.1 Å². The molecule has 1 aromatic heterocycles. The molecule has 0 spiro atoms. The van der Waals surface area contributed by atoms with Crippen molar-refractivity contribution in [3.8, 4) is 0 Å². The van der Waals surface area contributed by atoms with E-state index in [2.05, 4.69) is 42.8 Å². The minimum absolute atomic E-state index is 0.714. The van der Waals surface area contributed by atoms with Gasteiger partial charge in [0.05, 0.1) is 0 Å². The number of rotatable bonds is 3. The molecule has 0 nitrogen and oxygen atoms in total. The van der Waals surface area contributed by atoms with E-state index in [1.165, 1.54) is 22.1 Å². The standard InChI is InChI=1S/C12H14S2/c1-9(13-2)7-10-3-4-12-11(8-10)5-6-14-12/h3-6,8-9H,7H2,1-2H3/t9-/m1/s1. The first-order chi connectivity index (χ1) is 6.79. The molecule has 1 heterocycles. The molecule has 0 N–H and O–H groups in total. The summed E-state index contributed by atoms with van der Waals surface area (Å²) in [6.45, 7) is 2.28. The predicted molar refractivity (Wildman–Crippen MR) is 68.5 cm³/mol. The van der Waals surface area contributed by atoms with Gasteiger partial charge < -0.3 is 0 Å². The number of hydrogen-bond donors (Lipinski definition) is 0. The molecule has 0 bridgehead atoms. The van der Waals surface area contributed by atoms with Crippen molar-refractivity contribution >= 4 is 33.2 Å². The van der Waals surface area contributed by atoms with Gasteiger partial charge in [-0.3, -0.25) is 0 Å². The van der Waals surface area contributed by atoms with E-state index in [1.807, 2.05) is 23.1 Å². The van der Waals surface area contributed by atoms with E-state index < -0.39 is 0 Å². The Morgan fingerprint density at radius 3 is 3.00 bits per heavy atom. The Morgan fingerprint density at radius 1 is 1.36 bits per heavy atom. The first kappa shape index (κ1) is 10.1. The average Bonchev–Trinajstić information content (AvgIpc) is 2.64. The monoisotopic (exact) mass is 222 g/mol. The van der Waals surface area contributed by atoms with E-state index in [1.54, 1.807) is 0 Å². The van der Waals surface area contributed by atoms with Gasteiger partial charge in [-0.15, -0.1) is 11.3 Å². The summed E-state index contributed by atoms with van der Waals surface area (Å²) < 4.78 is 1.39. The third-order valence-corrected chi connectivity index (χ3v) is 4.31. The Kier molecular flexibility index (Phi) is 3.14. The fourth-order valence-electron chi connectivity index (χ4n) is 1.56. The highest BCUT2D eigenvalue weighted by atomic mass is 32.2. The Bertz CT molecular complexity index is 417. The maximum atomic E-state index is 2.32. The molecule has 0 fully saturated rings. The third kappa shape index (κ3) is 2.12. The van der Waals surface area contributed by atoms with Crippen LogP contribution in [-0.2, 0) is 6.42 Å². The molecule has 1 aromatic carbocycles. The lowest BCUT2D eigenvalue weighted by Crippen LogP contribution is -1.99. The number of thiophene rings is 1. The van der Waals surface area contributed by atoms with Crippen molar-refractivity contribution < 1.29 is 0 Å². The van der Waals surface area contributed by atoms with Crippen LogP contribution in [0.25, 0.3) is 10.1 Å². The summed E-state index contributed by atoms with van der Waals surface area (Å²) >= 11 is 3.75. The van der Waals surface area contributed by atoms with Crippen LogP contribution in [0.1, 0.15) is 12.5 Å². The molecule has 0 aliphatic carbocycles. The van der Waals surface area contributed by atoms with Crippen LogP contribution < -0.4 is 0 Å². The van der Waals surface area contributed by atoms with Crippen molar-refractivity contribution in [2.45, 2.75) is 18.6 Å². The number of hydrogen-bond acceptors (Lipinski definition) is 2. The minimum Gasteiger partial charge on any atom is -0.162 e. The number of benzene rings is 1. The first-order valence-corrected chi connectivity index (χ1v) is 6.95. The van der Waals surface area contributed by atoms with Crippen LogP contribution in [0.5, 0.6) is 0 Å². The lowest BCUT2D eigenvalue weighted by molar-refractivity contribution is 0.948. The molecule has 2 rings (SSSR count). The van der Waals surface area contributed by atoms with Gasteiger partial charge in [-0.25, -0.2) is 0 Å². The van der Waals surface area contributed by atoms with Crippen LogP contribution >= 0.6 is 23.1 Å². The lowest BCUT2D eigenvalue weighted by atomic mass is 10.1. The van der Waals surface area contributed by atoms with E-state index in [0.29, 0.717) is 5.25 Å². The molecular weight excluding hydrogens is 208 g/mol. The van der Waals surface area contributed by atoms with E-state index in [4.69, 9.17) is 0 Å². The van der Waals surface area contributed by atoms with Gasteiger partial charge in [-0.1, -0.05) is 19.1 Å². The highest BCUT2D eigenvalue weighted by molar-refractivity contribution is 7.99. The number of thioether (sulfide) groups is 1. The molecule has 74 valence electrons. The largest absolute Gasteiger partial charge is 0.162 e. The Hall–Kier alpha value is -0.470. The summed E-state index contributed by atoms with van der Waals surface area (Å²) in [5, 5.41) is 4.26. The summed E-state index contributed by atoms with van der Waals surface area (Å²) in [5.41, 5.74) is 1.46. The summed E-state index contributed by atoms with van der Waals surface area (Å²) in [7, 11) is 0. The molecule has 0 amide bonds. The molecular formula is C12H14S2. The van der Waals surface area contributed by atoms with E-state index in [0.717, 1.165) is 0 Å². The van der Waals surface area contributed by atoms with Crippen molar-refractivity contribution in [3.63, 3.8) is 0 Å². The summed E-state index contributed by atoms with van der Waals surface area (Å²) in [4.78, 5) is 0. The highest BCUT2D eigenvalue weighted by Gasteiger charge is 2.02. The van der Waals surface area contributed by atoms with Crippen molar-refractivity contribution in [1.82, 2.24) is 0 Å². The van der Waals surface area contributed by atoms with Gasteiger partial charge in [0.15, 0.2) is 0 Å². The molecule has 0 aliphatic rings. The number of fused-ring (bicyclic) bond motifs is 1. The van der Waals surface area contributed by atoms with Crippen molar-refractivity contribution in [2.24, 2.45) is 0 Å². The smallest absolute Gasteiger partial charge is 0.0342 e. The van der Waals surface area contributed by atoms with E-state index in [9.17, 15) is 0 Å². The van der Waals surface area contributed by atoms with Crippen LogP contribution in [0.15, 0.2) is 29.6 Å². The van der Waals surface area contributed by atoms with Crippen LogP contribution in [0.3, 0.4) is 0 Å². The molecule has 1 atom stereocenters. The first-order valence-electron chi connectivity index (χ1n) is 4.78. The highest BCUT2D eigenvalue weighted by Crippen LogP contribution is 2.23. The van der Waals surface area contributed by atoms with Gasteiger partial charge in [-0.2, -0.15) is 11.8 Å². The SMILES string of the molecule is CS[C@H](C)Cc1ccc2sccc2c1. The molecule has 14 heavy (non-hydrogen) atoms. The normalized spacial score (nSPS) is 13.3. The molecule has 0 radical (unpaired) electrons. The van der Waals surface area contributed by atoms with Crippen molar-refractivity contribution in [2.75, 3.05) is 6.26 Å². The molecule has 2 aromatic rings. The molecule has 0 aliphatic heterocycles. The summed E-state index contributed by atoms with van der Waals surface area (Å²) in [5.74, 6) is 0. The van der Waals surface area contributed by atoms with Gasteiger partial charge in [0.1, 0.15) is 0 Å². The van der Waals surface area contributed by atoms with E-state index in [-0.39, 0.29) is 0 Å². The lowest BCUT2D eigenvalue weighted by Gasteiger charge is -2.07. The molecule has 2 heteroatoms. The summed E-state index contributed by atoms with van der Waals surface area (Å²) in [6, 6.07) is 9.01. The van der Waals surface area contributed by atoms with Crippen LogP contribution in [0.2, 0.25) is 0 Å². The zero-order chi connectivity index (χ0) is 9.97. The predicted octanol–water partition coefficient (Wildman–Crippen LogP) is 4.20. The second-order valence-corrected chi connectivity index (χ2v) is 5.77. The van der Waals surface area contributed by atoms with Gasteiger partial charge >= 0.3 is 0 Å². The fraction of sp³-hybridized carbons (Fsp3) is 0.333. The Morgan fingerprint density at radius 2 is 2.21 bits per heavy atom.